The summed E-state index contributed by atoms with van der Waals surface area (Å²) in [5.74, 6) is -2.99. The fraction of sp³-hybridized carbons (Fsp3) is 0.0800. The lowest BCUT2D eigenvalue weighted by atomic mass is 9.99. The molecule has 0 spiro atoms. The number of aliphatic carboxylic acids is 1. The van der Waals surface area contributed by atoms with Crippen LogP contribution in [0.3, 0.4) is 0 Å². The molecule has 2 aromatic carbocycles. The number of nitrogens with zero attached hydrogens (tertiary/aromatic N) is 1. The molecule has 8 nitrogen and oxygen atoms in total. The zero-order valence-electron chi connectivity index (χ0n) is 17.4. The molecule has 1 amide bonds. The van der Waals surface area contributed by atoms with Crippen molar-refractivity contribution in [3.05, 3.63) is 100 Å². The number of carbonyl (C=O) groups excluding carboxylic acids is 2. The summed E-state index contributed by atoms with van der Waals surface area (Å²) < 4.78 is 11.2. The first kappa shape index (κ1) is 21.5. The number of halogens is 1. The number of carboxylic acids is 1. The van der Waals surface area contributed by atoms with E-state index in [2.05, 4.69) is 0 Å². The number of ketones is 1. The zero-order valence-corrected chi connectivity index (χ0v) is 18.2. The lowest BCUT2D eigenvalue weighted by Gasteiger charge is -2.25. The monoisotopic (exact) mass is 477 g/mol. The summed E-state index contributed by atoms with van der Waals surface area (Å²) in [7, 11) is 0. The minimum Gasteiger partial charge on any atom is -0.503 e. The molecule has 0 saturated carbocycles. The van der Waals surface area contributed by atoms with Crippen LogP contribution in [0, 0.1) is 0 Å². The summed E-state index contributed by atoms with van der Waals surface area (Å²) in [4.78, 5) is 38.8. The van der Waals surface area contributed by atoms with E-state index in [1.165, 1.54) is 17.2 Å². The number of benzene rings is 2. The highest BCUT2D eigenvalue weighted by molar-refractivity contribution is 6.31. The molecule has 0 aliphatic carbocycles. The molecule has 0 radical (unpaired) electrons. The maximum Gasteiger partial charge on any atom is 0.307 e. The molecule has 34 heavy (non-hydrogen) atoms. The predicted octanol–water partition coefficient (Wildman–Crippen LogP) is 5.09. The summed E-state index contributed by atoms with van der Waals surface area (Å²) in [6.07, 6.45) is 1.22. The molecule has 1 atom stereocenters. The number of hydrogen-bond donors (Lipinski definition) is 2. The lowest BCUT2D eigenvalue weighted by molar-refractivity contribution is -0.136. The molecule has 4 aromatic rings. The summed E-state index contributed by atoms with van der Waals surface area (Å²) in [5.41, 5.74) is 1.12. The number of amides is 1. The van der Waals surface area contributed by atoms with Crippen LogP contribution in [-0.2, 0) is 16.0 Å². The van der Waals surface area contributed by atoms with Crippen molar-refractivity contribution in [3.8, 4) is 0 Å². The van der Waals surface area contributed by atoms with Gasteiger partial charge in [-0.15, -0.1) is 0 Å². The van der Waals surface area contributed by atoms with Gasteiger partial charge in [-0.3, -0.25) is 19.3 Å². The van der Waals surface area contributed by atoms with Crippen molar-refractivity contribution in [1.29, 1.82) is 0 Å². The standard InChI is InChI=1S/C25H16ClNO7/c26-15-5-8-17-14(11-15)12-19(34-17)23(30)21-22(18-2-1-9-33-18)27(25(32)24(21)31)16-6-3-13(4-7-16)10-20(28)29/h1-9,11-12,22,31H,10H2,(H,28,29). The number of carbonyl (C=O) groups is 3. The number of aliphatic hydroxyl groups excluding tert-OH is 1. The Balaban J connectivity index is 1.58. The molecule has 2 N–H and O–H groups in total. The molecule has 3 heterocycles. The Labute approximate surface area is 197 Å². The largest absolute Gasteiger partial charge is 0.503 e. The minimum atomic E-state index is -1.06. The second kappa shape index (κ2) is 8.24. The number of Topliss-reactive ketones (excluding diaryl/α,β-unsaturated/α-hetero) is 1. The summed E-state index contributed by atoms with van der Waals surface area (Å²) >= 11 is 6.02. The van der Waals surface area contributed by atoms with Crippen LogP contribution in [-0.4, -0.2) is 27.9 Å². The number of rotatable bonds is 6. The first-order valence-electron chi connectivity index (χ1n) is 10.2. The van der Waals surface area contributed by atoms with E-state index in [0.717, 1.165) is 0 Å². The van der Waals surface area contributed by atoms with Crippen LogP contribution in [0.25, 0.3) is 11.0 Å². The molecule has 1 unspecified atom stereocenters. The van der Waals surface area contributed by atoms with Crippen molar-refractivity contribution >= 4 is 45.9 Å². The predicted molar refractivity (Wildman–Crippen MR) is 122 cm³/mol. The van der Waals surface area contributed by atoms with Gasteiger partial charge in [0, 0.05) is 16.1 Å². The van der Waals surface area contributed by atoms with Crippen molar-refractivity contribution in [2.24, 2.45) is 0 Å². The second-order valence-electron chi connectivity index (χ2n) is 7.71. The number of furan rings is 2. The van der Waals surface area contributed by atoms with Gasteiger partial charge in [0.25, 0.3) is 5.91 Å². The molecular weight excluding hydrogens is 462 g/mol. The number of fused-ring (bicyclic) bond motifs is 1. The van der Waals surface area contributed by atoms with Gasteiger partial charge >= 0.3 is 5.97 Å². The van der Waals surface area contributed by atoms with Crippen LogP contribution in [0.4, 0.5) is 5.69 Å². The number of carboxylic acid groups (broad SMARTS) is 1. The van der Waals surface area contributed by atoms with Gasteiger partial charge in [-0.25, -0.2) is 0 Å². The lowest BCUT2D eigenvalue weighted by Crippen LogP contribution is -2.30. The van der Waals surface area contributed by atoms with Crippen molar-refractivity contribution in [1.82, 2.24) is 0 Å². The molecule has 170 valence electrons. The van der Waals surface area contributed by atoms with E-state index in [1.54, 1.807) is 54.6 Å². The molecule has 9 heteroatoms. The van der Waals surface area contributed by atoms with Gasteiger partial charge in [0.2, 0.25) is 5.78 Å². The summed E-state index contributed by atoms with van der Waals surface area (Å²) in [6.45, 7) is 0. The third-order valence-electron chi connectivity index (χ3n) is 5.54. The zero-order chi connectivity index (χ0) is 24.0. The van der Waals surface area contributed by atoms with E-state index in [4.69, 9.17) is 25.5 Å². The van der Waals surface area contributed by atoms with E-state index in [-0.39, 0.29) is 23.5 Å². The van der Waals surface area contributed by atoms with E-state index in [0.29, 0.717) is 27.2 Å². The van der Waals surface area contributed by atoms with E-state index in [9.17, 15) is 19.5 Å². The Bertz CT molecular complexity index is 1460. The number of hydrogen-bond acceptors (Lipinski definition) is 6. The maximum absolute atomic E-state index is 13.5. The molecule has 5 rings (SSSR count). The molecule has 0 saturated heterocycles. The van der Waals surface area contributed by atoms with Crippen LogP contribution in [0.15, 0.2) is 87.1 Å². The Kier molecular flexibility index (Phi) is 5.22. The third kappa shape index (κ3) is 3.64. The van der Waals surface area contributed by atoms with Gasteiger partial charge in [-0.2, -0.15) is 0 Å². The minimum absolute atomic E-state index is 0.0678. The highest BCUT2D eigenvalue weighted by Crippen LogP contribution is 2.42. The summed E-state index contributed by atoms with van der Waals surface area (Å²) in [5, 5.41) is 20.8. The molecule has 1 aliphatic heterocycles. The van der Waals surface area contributed by atoms with Crippen molar-refractivity contribution in [2.75, 3.05) is 4.90 Å². The van der Waals surface area contributed by atoms with Crippen molar-refractivity contribution in [2.45, 2.75) is 12.5 Å². The van der Waals surface area contributed by atoms with Crippen LogP contribution >= 0.6 is 11.6 Å². The maximum atomic E-state index is 13.5. The smallest absolute Gasteiger partial charge is 0.307 e. The first-order chi connectivity index (χ1) is 16.3. The molecular formula is C25H16ClNO7. The third-order valence-corrected chi connectivity index (χ3v) is 5.77. The van der Waals surface area contributed by atoms with Gasteiger partial charge < -0.3 is 19.0 Å². The summed E-state index contributed by atoms with van der Waals surface area (Å²) in [6, 6.07) is 14.8. The molecule has 0 bridgehead atoms. The molecule has 2 aromatic heterocycles. The highest BCUT2D eigenvalue weighted by atomic mass is 35.5. The number of anilines is 1. The topological polar surface area (TPSA) is 121 Å². The Morgan fingerprint density at radius 3 is 2.50 bits per heavy atom. The van der Waals surface area contributed by atoms with Crippen LogP contribution in [0.1, 0.15) is 27.9 Å². The van der Waals surface area contributed by atoms with Crippen LogP contribution < -0.4 is 4.90 Å². The molecule has 0 fully saturated rings. The van der Waals surface area contributed by atoms with Crippen LogP contribution in [0.2, 0.25) is 5.02 Å². The SMILES string of the molecule is O=C(O)Cc1ccc(N2C(=O)C(O)=C(C(=O)c3cc4cc(Cl)ccc4o3)C2c2ccco2)cc1. The first-order valence-corrected chi connectivity index (χ1v) is 10.6. The van der Waals surface area contributed by atoms with Gasteiger partial charge in [0.15, 0.2) is 11.5 Å². The normalized spacial score (nSPS) is 16.0. The quantitative estimate of drug-likeness (QED) is 0.371. The Morgan fingerprint density at radius 1 is 1.06 bits per heavy atom. The molecule has 1 aliphatic rings. The number of aliphatic hydroxyl groups is 1. The Morgan fingerprint density at radius 2 is 1.82 bits per heavy atom. The second-order valence-corrected chi connectivity index (χ2v) is 8.15. The van der Waals surface area contributed by atoms with Gasteiger partial charge in [0.05, 0.1) is 18.3 Å². The van der Waals surface area contributed by atoms with Crippen molar-refractivity contribution < 1.29 is 33.4 Å². The van der Waals surface area contributed by atoms with Crippen molar-refractivity contribution in [3.63, 3.8) is 0 Å². The van der Waals surface area contributed by atoms with E-state index in [1.807, 2.05) is 0 Å². The average Bonchev–Trinajstić information content (AvgIpc) is 3.52. The van der Waals surface area contributed by atoms with Gasteiger partial charge in [0.1, 0.15) is 17.4 Å². The van der Waals surface area contributed by atoms with Gasteiger partial charge in [-0.05, 0) is 54.1 Å². The van der Waals surface area contributed by atoms with Crippen LogP contribution in [0.5, 0.6) is 0 Å². The average molecular weight is 478 g/mol. The van der Waals surface area contributed by atoms with E-state index >= 15 is 0 Å². The Hall–Kier alpha value is -4.30. The fourth-order valence-electron chi connectivity index (χ4n) is 4.03. The highest BCUT2D eigenvalue weighted by Gasteiger charge is 2.46. The van der Waals surface area contributed by atoms with Gasteiger partial charge in [-0.1, -0.05) is 23.7 Å². The fourth-order valence-corrected chi connectivity index (χ4v) is 4.21. The van der Waals surface area contributed by atoms with E-state index < -0.39 is 29.5 Å².